The van der Waals surface area contributed by atoms with Gasteiger partial charge >= 0.3 is 0 Å². The van der Waals surface area contributed by atoms with Crippen LogP contribution in [0.4, 0.5) is 0 Å². The Hall–Kier alpha value is -1.60. The molecule has 6 nitrogen and oxygen atoms in total. The third kappa shape index (κ3) is 3.36. The molecule has 2 rings (SSSR count). The molecule has 1 fully saturated rings. The molecule has 1 heterocycles. The number of rotatable bonds is 4. The van der Waals surface area contributed by atoms with Gasteiger partial charge in [-0.2, -0.15) is 0 Å². The molecule has 2 N–H and O–H groups in total. The fraction of sp³-hybridized carbons (Fsp3) is 0.500. The van der Waals surface area contributed by atoms with Crippen LogP contribution in [-0.4, -0.2) is 39.4 Å². The van der Waals surface area contributed by atoms with Crippen molar-refractivity contribution in [1.82, 2.24) is 4.90 Å². The zero-order valence-corrected chi connectivity index (χ0v) is 13.0. The molecule has 7 heteroatoms. The van der Waals surface area contributed by atoms with Crippen molar-refractivity contribution >= 4 is 15.9 Å². The number of hydrogen-bond acceptors (Lipinski definition) is 4. The summed E-state index contributed by atoms with van der Waals surface area (Å²) >= 11 is 0. The minimum Gasteiger partial charge on any atom is -0.496 e. The average molecular weight is 312 g/mol. The van der Waals surface area contributed by atoms with Crippen molar-refractivity contribution in [3.05, 3.63) is 23.8 Å². The molecule has 1 aliphatic heterocycles. The van der Waals surface area contributed by atoms with Gasteiger partial charge in [0, 0.05) is 13.1 Å². The van der Waals surface area contributed by atoms with E-state index in [0.717, 1.165) is 12.8 Å². The highest BCUT2D eigenvalue weighted by Gasteiger charge is 2.28. The van der Waals surface area contributed by atoms with Crippen LogP contribution in [0.2, 0.25) is 0 Å². The molecule has 21 heavy (non-hydrogen) atoms. The molecule has 0 bridgehead atoms. The minimum absolute atomic E-state index is 0.0853. The summed E-state index contributed by atoms with van der Waals surface area (Å²) in [5, 5.41) is 5.12. The topological polar surface area (TPSA) is 89.7 Å². The van der Waals surface area contributed by atoms with Crippen LogP contribution in [0.5, 0.6) is 5.75 Å². The van der Waals surface area contributed by atoms with Crippen LogP contribution in [0.15, 0.2) is 23.1 Å². The smallest absolute Gasteiger partial charge is 0.257 e. The second kappa shape index (κ2) is 6.03. The van der Waals surface area contributed by atoms with Crippen molar-refractivity contribution < 1.29 is 17.9 Å². The first-order valence-electron chi connectivity index (χ1n) is 6.87. The van der Waals surface area contributed by atoms with E-state index >= 15 is 0 Å². The average Bonchev–Trinajstić information content (AvgIpc) is 2.93. The largest absolute Gasteiger partial charge is 0.496 e. The monoisotopic (exact) mass is 312 g/mol. The maximum Gasteiger partial charge on any atom is 0.257 e. The number of nitrogens with zero attached hydrogens (tertiary/aromatic N) is 1. The van der Waals surface area contributed by atoms with E-state index in [1.54, 1.807) is 4.90 Å². The fourth-order valence-electron chi connectivity index (χ4n) is 2.55. The number of methoxy groups -OCH3 is 1. The van der Waals surface area contributed by atoms with Crippen molar-refractivity contribution in [2.45, 2.75) is 24.7 Å². The number of carbonyl (C=O) groups is 1. The fourth-order valence-corrected chi connectivity index (χ4v) is 3.09. The molecule has 1 aliphatic rings. The summed E-state index contributed by atoms with van der Waals surface area (Å²) in [7, 11) is -2.40. The summed E-state index contributed by atoms with van der Waals surface area (Å²) in [5.41, 5.74) is 0.237. The lowest BCUT2D eigenvalue weighted by atomic mass is 10.1. The van der Waals surface area contributed by atoms with E-state index in [1.807, 2.05) is 0 Å². The van der Waals surface area contributed by atoms with Crippen molar-refractivity contribution in [2.75, 3.05) is 20.2 Å². The van der Waals surface area contributed by atoms with Gasteiger partial charge in [-0.15, -0.1) is 0 Å². The molecular weight excluding hydrogens is 292 g/mol. The first-order valence-corrected chi connectivity index (χ1v) is 8.41. The first-order chi connectivity index (χ1) is 9.86. The van der Waals surface area contributed by atoms with E-state index in [2.05, 4.69) is 6.92 Å². The number of ether oxygens (including phenoxy) is 1. The number of likely N-dealkylation sites (tertiary alicyclic amines) is 1. The van der Waals surface area contributed by atoms with Gasteiger partial charge in [-0.25, -0.2) is 13.6 Å². The van der Waals surface area contributed by atoms with Gasteiger partial charge < -0.3 is 9.64 Å². The Bertz CT molecular complexity index is 642. The zero-order valence-electron chi connectivity index (χ0n) is 12.2. The molecule has 0 aromatic heterocycles. The van der Waals surface area contributed by atoms with Gasteiger partial charge in [0.2, 0.25) is 10.0 Å². The molecule has 1 unspecified atom stereocenters. The molecule has 0 spiro atoms. The van der Waals surface area contributed by atoms with E-state index in [-0.39, 0.29) is 16.4 Å². The molecule has 1 aromatic carbocycles. The summed E-state index contributed by atoms with van der Waals surface area (Å²) in [4.78, 5) is 14.2. The highest BCUT2D eigenvalue weighted by molar-refractivity contribution is 7.89. The Morgan fingerprint density at radius 1 is 1.48 bits per heavy atom. The third-order valence-corrected chi connectivity index (χ3v) is 4.79. The molecule has 116 valence electrons. The van der Waals surface area contributed by atoms with E-state index < -0.39 is 10.0 Å². The van der Waals surface area contributed by atoms with Gasteiger partial charge in [-0.05, 0) is 30.5 Å². The molecule has 0 radical (unpaired) electrons. The quantitative estimate of drug-likeness (QED) is 0.905. The van der Waals surface area contributed by atoms with Gasteiger partial charge in [0.25, 0.3) is 5.91 Å². The predicted molar refractivity (Wildman–Crippen MR) is 78.7 cm³/mol. The van der Waals surface area contributed by atoms with Gasteiger partial charge in [0.05, 0.1) is 17.6 Å². The van der Waals surface area contributed by atoms with E-state index in [4.69, 9.17) is 9.88 Å². The molecular formula is C14H20N2O4S. The summed E-state index contributed by atoms with van der Waals surface area (Å²) in [6.45, 7) is 3.47. The SMILES string of the molecule is CCC1CCN(C(=O)c2cc(S(N)(=O)=O)ccc2OC)C1. The lowest BCUT2D eigenvalue weighted by molar-refractivity contribution is 0.0783. The Morgan fingerprint density at radius 2 is 2.19 bits per heavy atom. The van der Waals surface area contributed by atoms with Gasteiger partial charge in [-0.3, -0.25) is 4.79 Å². The van der Waals surface area contributed by atoms with Crippen LogP contribution in [-0.2, 0) is 10.0 Å². The van der Waals surface area contributed by atoms with Crippen molar-refractivity contribution in [3.63, 3.8) is 0 Å². The number of nitrogens with two attached hydrogens (primary N) is 1. The van der Waals surface area contributed by atoms with Crippen molar-refractivity contribution in [2.24, 2.45) is 11.1 Å². The van der Waals surface area contributed by atoms with Gasteiger partial charge in [0.1, 0.15) is 5.75 Å². The second-order valence-electron chi connectivity index (χ2n) is 5.22. The lowest BCUT2D eigenvalue weighted by Crippen LogP contribution is -2.29. The highest BCUT2D eigenvalue weighted by atomic mass is 32.2. The maximum absolute atomic E-state index is 12.6. The summed E-state index contributed by atoms with van der Waals surface area (Å²) < 4.78 is 28.0. The number of amides is 1. The zero-order chi connectivity index (χ0) is 15.6. The van der Waals surface area contributed by atoms with Gasteiger partial charge in [-0.1, -0.05) is 13.3 Å². The standard InChI is InChI=1S/C14H20N2O4S/c1-3-10-6-7-16(9-10)14(17)12-8-11(21(15,18)19)4-5-13(12)20-2/h4-5,8,10H,3,6-7,9H2,1-2H3,(H2,15,18,19). The van der Waals surface area contributed by atoms with Crippen LogP contribution in [0, 0.1) is 5.92 Å². The predicted octanol–water partition coefficient (Wildman–Crippen LogP) is 1.21. The van der Waals surface area contributed by atoms with Crippen LogP contribution in [0.3, 0.4) is 0 Å². The van der Waals surface area contributed by atoms with Crippen LogP contribution < -0.4 is 9.88 Å². The number of sulfonamides is 1. The van der Waals surface area contributed by atoms with E-state index in [9.17, 15) is 13.2 Å². The number of hydrogen-bond donors (Lipinski definition) is 1. The maximum atomic E-state index is 12.6. The Labute approximate surface area is 124 Å². The van der Waals surface area contributed by atoms with Crippen LogP contribution >= 0.6 is 0 Å². The highest BCUT2D eigenvalue weighted by Crippen LogP contribution is 2.27. The molecule has 1 amide bonds. The normalized spacial score (nSPS) is 18.8. The lowest BCUT2D eigenvalue weighted by Gasteiger charge is -2.18. The van der Waals surface area contributed by atoms with Crippen LogP contribution in [0.25, 0.3) is 0 Å². The molecule has 1 atom stereocenters. The number of benzene rings is 1. The Balaban J connectivity index is 2.35. The van der Waals surface area contributed by atoms with Gasteiger partial charge in [0.15, 0.2) is 0 Å². The van der Waals surface area contributed by atoms with E-state index in [1.165, 1.54) is 25.3 Å². The second-order valence-corrected chi connectivity index (χ2v) is 6.78. The van der Waals surface area contributed by atoms with Crippen molar-refractivity contribution in [3.8, 4) is 5.75 Å². The van der Waals surface area contributed by atoms with Crippen LogP contribution in [0.1, 0.15) is 30.1 Å². The Kier molecular flexibility index (Phi) is 4.53. The van der Waals surface area contributed by atoms with E-state index in [0.29, 0.717) is 24.8 Å². The summed E-state index contributed by atoms with van der Waals surface area (Å²) in [6.07, 6.45) is 2.00. The number of carbonyl (C=O) groups excluding carboxylic acids is 1. The third-order valence-electron chi connectivity index (χ3n) is 3.88. The first kappa shape index (κ1) is 15.8. The Morgan fingerprint density at radius 3 is 2.71 bits per heavy atom. The molecule has 0 aliphatic carbocycles. The minimum atomic E-state index is -3.85. The van der Waals surface area contributed by atoms with Crippen molar-refractivity contribution in [1.29, 1.82) is 0 Å². The molecule has 1 saturated heterocycles. The molecule has 1 aromatic rings. The molecule has 0 saturated carbocycles. The summed E-state index contributed by atoms with van der Waals surface area (Å²) in [6, 6.07) is 4.08. The number of primary sulfonamides is 1. The summed E-state index contributed by atoms with van der Waals surface area (Å²) in [5.74, 6) is 0.641.